The first-order valence-corrected chi connectivity index (χ1v) is 12.5. The number of pyridine rings is 1. The molecule has 1 unspecified atom stereocenters. The maximum absolute atomic E-state index is 13.7. The molecule has 2 aromatic heterocycles. The van der Waals surface area contributed by atoms with E-state index < -0.39 is 17.9 Å². The Morgan fingerprint density at radius 3 is 2.31 bits per heavy atom. The van der Waals surface area contributed by atoms with Crippen molar-refractivity contribution in [2.45, 2.75) is 26.3 Å². The van der Waals surface area contributed by atoms with Crippen molar-refractivity contribution in [3.05, 3.63) is 119 Å². The van der Waals surface area contributed by atoms with Crippen LogP contribution in [0.3, 0.4) is 0 Å². The van der Waals surface area contributed by atoms with Crippen LogP contribution in [-0.4, -0.2) is 32.4 Å². The number of amides is 1. The van der Waals surface area contributed by atoms with Crippen LogP contribution in [0.15, 0.2) is 91.1 Å². The first kappa shape index (κ1) is 25.7. The van der Waals surface area contributed by atoms with Crippen LogP contribution < -0.4 is 10.6 Å². The number of hydrogen-bond donors (Lipinski definition) is 3. The molecule has 0 saturated heterocycles. The molecule has 1 amide bonds. The number of carbonyl (C=O) groups excluding carboxylic acids is 1. The molecule has 8 heteroatoms. The summed E-state index contributed by atoms with van der Waals surface area (Å²) in [6.07, 6.45) is 1.87. The van der Waals surface area contributed by atoms with Crippen molar-refractivity contribution in [3.8, 4) is 11.3 Å². The predicted octanol–water partition coefficient (Wildman–Crippen LogP) is 5.93. The molecule has 3 N–H and O–H groups in total. The number of hydrogen-bond acceptors (Lipinski definition) is 4. The van der Waals surface area contributed by atoms with E-state index in [9.17, 15) is 19.1 Å². The van der Waals surface area contributed by atoms with E-state index in [2.05, 4.69) is 10.6 Å². The molecule has 7 nitrogen and oxygen atoms in total. The third kappa shape index (κ3) is 5.50. The summed E-state index contributed by atoms with van der Waals surface area (Å²) in [4.78, 5) is 29.8. The molecular formula is C31H27FN4O3. The highest BCUT2D eigenvalue weighted by atomic mass is 19.1. The van der Waals surface area contributed by atoms with Crippen LogP contribution in [0.4, 0.5) is 15.9 Å². The summed E-state index contributed by atoms with van der Waals surface area (Å²) < 4.78 is 15.5. The number of anilines is 2. The molecule has 39 heavy (non-hydrogen) atoms. The van der Waals surface area contributed by atoms with E-state index in [1.807, 2.05) is 66.8 Å². The number of nitrogens with zero attached hydrogens (tertiary/aromatic N) is 2. The number of carboxylic acid groups (broad SMARTS) is 1. The van der Waals surface area contributed by atoms with Crippen molar-refractivity contribution in [1.29, 1.82) is 0 Å². The van der Waals surface area contributed by atoms with E-state index in [0.29, 0.717) is 22.7 Å². The molecule has 0 spiro atoms. The van der Waals surface area contributed by atoms with Gasteiger partial charge >= 0.3 is 5.97 Å². The van der Waals surface area contributed by atoms with Crippen LogP contribution >= 0.6 is 0 Å². The highest BCUT2D eigenvalue weighted by molar-refractivity contribution is 5.97. The highest BCUT2D eigenvalue weighted by Crippen LogP contribution is 2.33. The number of para-hydroxylation sites is 1. The summed E-state index contributed by atoms with van der Waals surface area (Å²) in [5.74, 6) is -1.33. The molecule has 1 atom stereocenters. The monoisotopic (exact) mass is 522 g/mol. The first-order valence-electron chi connectivity index (χ1n) is 12.5. The Kier molecular flexibility index (Phi) is 7.10. The zero-order valence-electron chi connectivity index (χ0n) is 21.5. The Hall–Kier alpha value is -4.98. The molecule has 3 aromatic carbocycles. The molecule has 0 aliphatic rings. The van der Waals surface area contributed by atoms with Crippen molar-refractivity contribution in [1.82, 2.24) is 14.7 Å². The number of halogens is 1. The summed E-state index contributed by atoms with van der Waals surface area (Å²) in [5, 5.41) is 15.8. The Balaban J connectivity index is 1.51. The second kappa shape index (κ2) is 10.8. The lowest BCUT2D eigenvalue weighted by molar-refractivity contribution is -0.139. The fraction of sp³-hybridized carbons (Fsp3) is 0.129. The number of aromatic nitrogens is 2. The molecule has 5 rings (SSSR count). The number of benzene rings is 3. The molecule has 0 saturated carbocycles. The average Bonchev–Trinajstić information content (AvgIpc) is 3.28. The summed E-state index contributed by atoms with van der Waals surface area (Å²) in [6.45, 7) is 4.01. The lowest BCUT2D eigenvalue weighted by atomic mass is 10.1. The van der Waals surface area contributed by atoms with Gasteiger partial charge in [-0.25, -0.2) is 14.2 Å². The Bertz CT molecular complexity index is 1640. The van der Waals surface area contributed by atoms with Crippen LogP contribution in [0.5, 0.6) is 0 Å². The number of carbonyl (C=O) groups is 2. The topological polar surface area (TPSA) is 95.7 Å². The van der Waals surface area contributed by atoms with Crippen LogP contribution in [-0.2, 0) is 11.2 Å². The molecule has 5 aromatic rings. The summed E-state index contributed by atoms with van der Waals surface area (Å²) in [5.41, 5.74) is 5.86. The van der Waals surface area contributed by atoms with Crippen LogP contribution in [0, 0.1) is 19.7 Å². The number of aryl methyl sites for hydroxylation is 2. The smallest absolute Gasteiger partial charge is 0.326 e. The van der Waals surface area contributed by atoms with Crippen LogP contribution in [0.25, 0.3) is 16.9 Å². The molecule has 2 heterocycles. The third-order valence-electron chi connectivity index (χ3n) is 6.62. The number of aliphatic carboxylic acids is 1. The van der Waals surface area contributed by atoms with Gasteiger partial charge in [-0.3, -0.25) is 9.20 Å². The Morgan fingerprint density at radius 1 is 0.949 bits per heavy atom. The lowest BCUT2D eigenvalue weighted by Crippen LogP contribution is -2.42. The average molecular weight is 523 g/mol. The molecule has 0 aliphatic heterocycles. The number of rotatable bonds is 8. The molecule has 0 bridgehead atoms. The molecule has 0 radical (unpaired) electrons. The van der Waals surface area contributed by atoms with Crippen molar-refractivity contribution < 1.29 is 19.1 Å². The number of imidazole rings is 1. The van der Waals surface area contributed by atoms with Gasteiger partial charge in [0.1, 0.15) is 29.0 Å². The second-order valence-corrected chi connectivity index (χ2v) is 9.41. The quantitative estimate of drug-likeness (QED) is 0.235. The van der Waals surface area contributed by atoms with E-state index in [0.717, 1.165) is 22.4 Å². The first-order chi connectivity index (χ1) is 18.8. The summed E-state index contributed by atoms with van der Waals surface area (Å²) >= 11 is 0. The minimum absolute atomic E-state index is 0.159. The number of carboxylic acids is 1. The fourth-order valence-corrected chi connectivity index (χ4v) is 4.54. The van der Waals surface area contributed by atoms with E-state index in [4.69, 9.17) is 4.98 Å². The fourth-order valence-electron chi connectivity index (χ4n) is 4.54. The van der Waals surface area contributed by atoms with Gasteiger partial charge in [-0.1, -0.05) is 48.5 Å². The maximum Gasteiger partial charge on any atom is 0.326 e. The second-order valence-electron chi connectivity index (χ2n) is 9.41. The third-order valence-corrected chi connectivity index (χ3v) is 6.62. The van der Waals surface area contributed by atoms with Gasteiger partial charge in [0.15, 0.2) is 0 Å². The van der Waals surface area contributed by atoms with Gasteiger partial charge in [-0.05, 0) is 66.9 Å². The molecular weight excluding hydrogens is 495 g/mol. The largest absolute Gasteiger partial charge is 0.480 e. The van der Waals surface area contributed by atoms with E-state index in [1.165, 1.54) is 12.1 Å². The van der Waals surface area contributed by atoms with Gasteiger partial charge in [0.25, 0.3) is 5.91 Å². The van der Waals surface area contributed by atoms with Crippen molar-refractivity contribution >= 4 is 29.0 Å². The van der Waals surface area contributed by atoms with E-state index in [1.54, 1.807) is 30.5 Å². The van der Waals surface area contributed by atoms with Gasteiger partial charge in [0, 0.05) is 29.4 Å². The van der Waals surface area contributed by atoms with Crippen molar-refractivity contribution in [2.24, 2.45) is 0 Å². The molecule has 196 valence electrons. The van der Waals surface area contributed by atoms with Gasteiger partial charge in [0.05, 0.1) is 0 Å². The summed E-state index contributed by atoms with van der Waals surface area (Å²) in [7, 11) is 0. The zero-order chi connectivity index (χ0) is 27.5. The minimum atomic E-state index is -1.12. The SMILES string of the molecule is Cc1cccc(C)c1Nc1c(-c2ccc(F)cc2)nc2cc(C(=O)NC(Cc3ccccc3)C(=O)O)ccn12. The van der Waals surface area contributed by atoms with E-state index in [-0.39, 0.29) is 17.8 Å². The maximum atomic E-state index is 13.7. The van der Waals surface area contributed by atoms with Crippen LogP contribution in [0.2, 0.25) is 0 Å². The highest BCUT2D eigenvalue weighted by Gasteiger charge is 2.23. The Morgan fingerprint density at radius 2 is 1.64 bits per heavy atom. The number of fused-ring (bicyclic) bond motifs is 1. The number of nitrogens with one attached hydrogen (secondary N) is 2. The normalized spacial score (nSPS) is 11.8. The van der Waals surface area contributed by atoms with Gasteiger partial charge in [-0.15, -0.1) is 0 Å². The van der Waals surface area contributed by atoms with Gasteiger partial charge in [-0.2, -0.15) is 0 Å². The molecule has 0 fully saturated rings. The van der Waals surface area contributed by atoms with Gasteiger partial charge < -0.3 is 15.7 Å². The van der Waals surface area contributed by atoms with Gasteiger partial charge in [0.2, 0.25) is 0 Å². The van der Waals surface area contributed by atoms with E-state index >= 15 is 0 Å². The zero-order valence-corrected chi connectivity index (χ0v) is 21.5. The van der Waals surface area contributed by atoms with Crippen molar-refractivity contribution in [3.63, 3.8) is 0 Å². The minimum Gasteiger partial charge on any atom is -0.480 e. The Labute approximate surface area is 225 Å². The van der Waals surface area contributed by atoms with Crippen molar-refractivity contribution in [2.75, 3.05) is 5.32 Å². The predicted molar refractivity (Wildman–Crippen MR) is 149 cm³/mol. The van der Waals surface area contributed by atoms with Crippen LogP contribution in [0.1, 0.15) is 27.0 Å². The summed E-state index contributed by atoms with van der Waals surface area (Å²) in [6, 6.07) is 23.3. The molecule has 0 aliphatic carbocycles. The lowest BCUT2D eigenvalue weighted by Gasteiger charge is -2.15. The standard InChI is InChI=1S/C31H27FN4O3/c1-19-7-6-8-20(2)27(19)35-29-28(22-11-13-24(32)14-12-22)34-26-18-23(15-16-36(26)29)30(37)33-25(31(38)39)17-21-9-4-3-5-10-21/h3-16,18,25,35H,17H2,1-2H3,(H,33,37)(H,38,39).